The van der Waals surface area contributed by atoms with Crippen molar-refractivity contribution in [2.75, 3.05) is 0 Å². The lowest BCUT2D eigenvalue weighted by Gasteiger charge is -1.86. The second-order valence-electron chi connectivity index (χ2n) is 2.75. The Morgan fingerprint density at radius 2 is 2.10 bits per heavy atom. The van der Waals surface area contributed by atoms with E-state index in [0.29, 0.717) is 18.6 Å². The molecule has 1 aliphatic rings. The number of hydrogen-bond donors (Lipinski definition) is 0. The van der Waals surface area contributed by atoms with Crippen molar-refractivity contribution in [3.63, 3.8) is 0 Å². The van der Waals surface area contributed by atoms with Gasteiger partial charge in [-0.3, -0.25) is 0 Å². The van der Waals surface area contributed by atoms with Crippen molar-refractivity contribution in [3.05, 3.63) is 0 Å². The maximum Gasteiger partial charge on any atom is 0.120 e. The fourth-order valence-corrected chi connectivity index (χ4v) is 1.20. The van der Waals surface area contributed by atoms with E-state index < -0.39 is 0 Å². The summed E-state index contributed by atoms with van der Waals surface area (Å²) in [6.07, 6.45) is 5.77. The number of carbonyl (C=O) groups excluding carboxylic acids is 1. The Bertz CT molecular complexity index is 112. The summed E-state index contributed by atoms with van der Waals surface area (Å²) in [4.78, 5) is 9.95. The van der Waals surface area contributed by atoms with E-state index in [1.807, 2.05) is 0 Å². The molecule has 2 nitrogen and oxygen atoms in total. The molecular weight excluding hydrogens is 128 g/mol. The topological polar surface area (TPSA) is 29.6 Å². The average Bonchev–Trinajstić information content (AvgIpc) is 2.65. The minimum absolute atomic E-state index is 0.408. The molecule has 0 aromatic carbocycles. The van der Waals surface area contributed by atoms with E-state index in [-0.39, 0.29) is 0 Å². The number of epoxide rings is 1. The Kier molecular flexibility index (Phi) is 2.87. The van der Waals surface area contributed by atoms with Crippen molar-refractivity contribution in [2.45, 2.75) is 44.8 Å². The minimum atomic E-state index is 0.408. The fraction of sp³-hybridized carbons (Fsp3) is 0.875. The lowest BCUT2D eigenvalue weighted by Crippen LogP contribution is -1.93. The summed E-state index contributed by atoms with van der Waals surface area (Å²) in [5.74, 6) is 0. The number of rotatable bonds is 5. The second kappa shape index (κ2) is 3.71. The van der Waals surface area contributed by atoms with Gasteiger partial charge in [0.2, 0.25) is 0 Å². The van der Waals surface area contributed by atoms with Crippen molar-refractivity contribution < 1.29 is 9.53 Å². The van der Waals surface area contributed by atoms with Gasteiger partial charge in [0.1, 0.15) is 6.29 Å². The molecular formula is C8H14O2. The van der Waals surface area contributed by atoms with Crippen LogP contribution in [0.4, 0.5) is 0 Å². The van der Waals surface area contributed by atoms with Gasteiger partial charge in [-0.1, -0.05) is 13.3 Å². The molecule has 0 saturated carbocycles. The van der Waals surface area contributed by atoms with Crippen molar-refractivity contribution in [1.82, 2.24) is 0 Å². The van der Waals surface area contributed by atoms with Crippen LogP contribution in [0.3, 0.4) is 0 Å². The standard InChI is InChI=1S/C8H14O2/c1-2-4-7-8(10-7)5-3-6-9/h6-8H,2-5H2,1H3/t7-,8+/m0/s1. The number of hydrogen-bond acceptors (Lipinski definition) is 2. The normalized spacial score (nSPS) is 30.1. The molecule has 1 saturated heterocycles. The molecule has 0 bridgehead atoms. The summed E-state index contributed by atoms with van der Waals surface area (Å²) in [5.41, 5.74) is 0. The van der Waals surface area contributed by atoms with Crippen LogP contribution < -0.4 is 0 Å². The van der Waals surface area contributed by atoms with Crippen LogP contribution in [0.25, 0.3) is 0 Å². The SMILES string of the molecule is CCC[C@@H]1O[C@@H]1CCC=O. The highest BCUT2D eigenvalue weighted by molar-refractivity contribution is 5.49. The summed E-state index contributed by atoms with van der Waals surface area (Å²) >= 11 is 0. The molecule has 1 aliphatic heterocycles. The predicted octanol–water partition coefficient (Wildman–Crippen LogP) is 1.53. The Morgan fingerprint density at radius 1 is 1.40 bits per heavy atom. The highest BCUT2D eigenvalue weighted by Crippen LogP contribution is 2.29. The predicted molar refractivity (Wildman–Crippen MR) is 38.9 cm³/mol. The van der Waals surface area contributed by atoms with Crippen molar-refractivity contribution in [3.8, 4) is 0 Å². The van der Waals surface area contributed by atoms with Crippen LogP contribution in [0, 0.1) is 0 Å². The van der Waals surface area contributed by atoms with Crippen LogP contribution >= 0.6 is 0 Å². The quantitative estimate of drug-likeness (QED) is 0.430. The van der Waals surface area contributed by atoms with Gasteiger partial charge in [0.25, 0.3) is 0 Å². The first kappa shape index (κ1) is 7.73. The number of ether oxygens (including phenoxy) is 1. The maximum atomic E-state index is 9.95. The summed E-state index contributed by atoms with van der Waals surface area (Å²) in [6.45, 7) is 2.15. The monoisotopic (exact) mass is 142 g/mol. The third kappa shape index (κ3) is 2.10. The fourth-order valence-electron chi connectivity index (χ4n) is 1.20. The van der Waals surface area contributed by atoms with E-state index in [2.05, 4.69) is 6.92 Å². The molecule has 0 aromatic heterocycles. The van der Waals surface area contributed by atoms with Gasteiger partial charge < -0.3 is 9.53 Å². The Hall–Kier alpha value is -0.370. The lowest BCUT2D eigenvalue weighted by atomic mass is 10.1. The molecule has 0 spiro atoms. The third-order valence-electron chi connectivity index (χ3n) is 1.83. The van der Waals surface area contributed by atoms with Crippen LogP contribution in [0.5, 0.6) is 0 Å². The van der Waals surface area contributed by atoms with E-state index in [1.165, 1.54) is 6.42 Å². The molecule has 0 aromatic rings. The number of aldehydes is 1. The second-order valence-corrected chi connectivity index (χ2v) is 2.75. The molecule has 1 fully saturated rings. The van der Waals surface area contributed by atoms with Gasteiger partial charge in [0, 0.05) is 6.42 Å². The average molecular weight is 142 g/mol. The van der Waals surface area contributed by atoms with Crippen molar-refractivity contribution >= 4 is 6.29 Å². The van der Waals surface area contributed by atoms with Gasteiger partial charge in [-0.2, -0.15) is 0 Å². The molecule has 10 heavy (non-hydrogen) atoms. The van der Waals surface area contributed by atoms with Gasteiger partial charge in [-0.15, -0.1) is 0 Å². The molecule has 1 rings (SSSR count). The van der Waals surface area contributed by atoms with Gasteiger partial charge in [0.05, 0.1) is 12.2 Å². The molecule has 0 amide bonds. The lowest BCUT2D eigenvalue weighted by molar-refractivity contribution is -0.108. The van der Waals surface area contributed by atoms with Crippen molar-refractivity contribution in [2.24, 2.45) is 0 Å². The highest BCUT2D eigenvalue weighted by atomic mass is 16.6. The first-order valence-corrected chi connectivity index (χ1v) is 3.97. The van der Waals surface area contributed by atoms with E-state index >= 15 is 0 Å². The molecule has 0 N–H and O–H groups in total. The minimum Gasteiger partial charge on any atom is -0.370 e. The Morgan fingerprint density at radius 3 is 2.70 bits per heavy atom. The van der Waals surface area contributed by atoms with E-state index in [0.717, 1.165) is 19.1 Å². The molecule has 0 unspecified atom stereocenters. The summed E-state index contributed by atoms with van der Waals surface area (Å²) in [6, 6.07) is 0. The van der Waals surface area contributed by atoms with E-state index in [9.17, 15) is 4.79 Å². The van der Waals surface area contributed by atoms with Gasteiger partial charge in [-0.25, -0.2) is 0 Å². The maximum absolute atomic E-state index is 9.95. The zero-order valence-corrected chi connectivity index (χ0v) is 6.38. The van der Waals surface area contributed by atoms with Crippen LogP contribution in [0.2, 0.25) is 0 Å². The zero-order valence-electron chi connectivity index (χ0n) is 6.38. The summed E-state index contributed by atoms with van der Waals surface area (Å²) < 4.78 is 5.30. The van der Waals surface area contributed by atoms with Crippen LogP contribution in [-0.4, -0.2) is 18.5 Å². The first-order chi connectivity index (χ1) is 4.88. The first-order valence-electron chi connectivity index (χ1n) is 3.97. The molecule has 58 valence electrons. The van der Waals surface area contributed by atoms with E-state index in [4.69, 9.17) is 4.74 Å². The summed E-state index contributed by atoms with van der Waals surface area (Å²) in [7, 11) is 0. The summed E-state index contributed by atoms with van der Waals surface area (Å²) in [5, 5.41) is 0. The highest BCUT2D eigenvalue weighted by Gasteiger charge is 2.36. The van der Waals surface area contributed by atoms with Crippen LogP contribution in [-0.2, 0) is 9.53 Å². The molecule has 1 heterocycles. The smallest absolute Gasteiger partial charge is 0.120 e. The Labute approximate surface area is 61.6 Å². The molecule has 0 radical (unpaired) electrons. The molecule has 2 atom stereocenters. The Balaban J connectivity index is 1.96. The molecule has 0 aliphatic carbocycles. The number of carbonyl (C=O) groups is 1. The van der Waals surface area contributed by atoms with E-state index in [1.54, 1.807) is 0 Å². The van der Waals surface area contributed by atoms with Gasteiger partial charge >= 0.3 is 0 Å². The van der Waals surface area contributed by atoms with Crippen LogP contribution in [0.1, 0.15) is 32.6 Å². The van der Waals surface area contributed by atoms with Gasteiger partial charge in [0.15, 0.2) is 0 Å². The third-order valence-corrected chi connectivity index (χ3v) is 1.83. The molecule has 2 heteroatoms. The van der Waals surface area contributed by atoms with Gasteiger partial charge in [-0.05, 0) is 12.8 Å². The largest absolute Gasteiger partial charge is 0.370 e. The van der Waals surface area contributed by atoms with Crippen LogP contribution in [0.15, 0.2) is 0 Å². The zero-order chi connectivity index (χ0) is 7.40. The van der Waals surface area contributed by atoms with Crippen molar-refractivity contribution in [1.29, 1.82) is 0 Å².